The molecule has 57 heavy (non-hydrogen) atoms. The maximum atomic E-state index is 14.2. The van der Waals surface area contributed by atoms with Crippen molar-refractivity contribution in [2.75, 3.05) is 13.1 Å². The van der Waals surface area contributed by atoms with Crippen LogP contribution in [0.25, 0.3) is 0 Å². The Morgan fingerprint density at radius 3 is 1.79 bits per heavy atom. The van der Waals surface area contributed by atoms with E-state index in [2.05, 4.69) is 31.9 Å². The van der Waals surface area contributed by atoms with Gasteiger partial charge in [-0.15, -0.1) is 0 Å². The second kappa shape index (κ2) is 20.9. The van der Waals surface area contributed by atoms with Crippen LogP contribution in [0.4, 0.5) is 0 Å². The first-order chi connectivity index (χ1) is 27.2. The van der Waals surface area contributed by atoms with Crippen LogP contribution in [0.2, 0.25) is 0 Å². The highest BCUT2D eigenvalue weighted by atomic mass is 16.4. The summed E-state index contributed by atoms with van der Waals surface area (Å²) in [6.07, 6.45) is 0.554. The highest BCUT2D eigenvalue weighted by molar-refractivity contribution is 5.99. The summed E-state index contributed by atoms with van der Waals surface area (Å²) in [4.78, 5) is 110. The first kappa shape index (κ1) is 43.9. The van der Waals surface area contributed by atoms with E-state index in [9.17, 15) is 43.5 Å². The van der Waals surface area contributed by atoms with Crippen LogP contribution in [0, 0.1) is 11.8 Å². The third-order valence-corrected chi connectivity index (χ3v) is 10.2. The van der Waals surface area contributed by atoms with Crippen molar-refractivity contribution in [1.29, 1.82) is 0 Å². The molecule has 16 nitrogen and oxygen atoms in total. The Bertz CT molecular complexity index is 1760. The zero-order valence-electron chi connectivity index (χ0n) is 32.9. The molecule has 2 fully saturated rings. The largest absolute Gasteiger partial charge is 0.481 e. The molecule has 0 saturated carbocycles. The normalized spacial score (nSPS) is 25.1. The fourth-order valence-corrected chi connectivity index (χ4v) is 6.99. The maximum Gasteiger partial charge on any atom is 0.305 e. The highest BCUT2D eigenvalue weighted by Crippen LogP contribution is 2.21. The number of nitrogens with zero attached hydrogens (tertiary/aromatic N) is 1. The minimum Gasteiger partial charge on any atom is -0.481 e. The van der Waals surface area contributed by atoms with E-state index in [0.29, 0.717) is 30.4 Å². The van der Waals surface area contributed by atoms with Crippen LogP contribution in [0.1, 0.15) is 70.9 Å². The Morgan fingerprint density at radius 1 is 0.702 bits per heavy atom. The Balaban J connectivity index is 1.76. The van der Waals surface area contributed by atoms with Crippen LogP contribution in [0.3, 0.4) is 0 Å². The van der Waals surface area contributed by atoms with Crippen LogP contribution >= 0.6 is 0 Å². The third-order valence-electron chi connectivity index (χ3n) is 10.2. The summed E-state index contributed by atoms with van der Waals surface area (Å²) in [6, 6.07) is 9.95. The second-order valence-electron chi connectivity index (χ2n) is 15.2. The number of carboxylic acid groups (broad SMARTS) is 1. The van der Waals surface area contributed by atoms with Gasteiger partial charge in [-0.2, -0.15) is 0 Å². The Labute approximate surface area is 332 Å². The molecule has 2 aliphatic heterocycles. The summed E-state index contributed by atoms with van der Waals surface area (Å²) < 4.78 is 0. The van der Waals surface area contributed by atoms with E-state index in [0.717, 1.165) is 0 Å². The predicted molar refractivity (Wildman–Crippen MR) is 209 cm³/mol. The van der Waals surface area contributed by atoms with E-state index in [-0.39, 0.29) is 31.7 Å². The van der Waals surface area contributed by atoms with Gasteiger partial charge in [0.1, 0.15) is 36.3 Å². The summed E-state index contributed by atoms with van der Waals surface area (Å²) in [5, 5.41) is 25.6. The Kier molecular flexibility index (Phi) is 16.1. The van der Waals surface area contributed by atoms with Gasteiger partial charge >= 0.3 is 5.97 Å². The monoisotopic (exact) mass is 789 g/mol. The van der Waals surface area contributed by atoms with Gasteiger partial charge in [-0.25, -0.2) is 0 Å². The molecule has 2 aromatic carbocycles. The van der Waals surface area contributed by atoms with Crippen LogP contribution in [0.5, 0.6) is 0 Å². The molecular formula is C41H55N7O9. The average Bonchev–Trinajstić information content (AvgIpc) is 3.67. The number of rotatable bonds is 10. The van der Waals surface area contributed by atoms with Crippen molar-refractivity contribution in [3.63, 3.8) is 0 Å². The number of fused-ring (bicyclic) bond motifs is 1. The van der Waals surface area contributed by atoms with Gasteiger partial charge in [0.05, 0.1) is 13.0 Å². The lowest BCUT2D eigenvalue weighted by Gasteiger charge is -2.32. The van der Waals surface area contributed by atoms with E-state index < -0.39 is 102 Å². The molecule has 0 radical (unpaired) electrons. The number of hydrogen-bond donors (Lipinski definition) is 7. The number of amides is 7. The number of aliphatic carboxylic acids is 1. The van der Waals surface area contributed by atoms with Gasteiger partial charge in [0.25, 0.3) is 0 Å². The topological polar surface area (TPSA) is 232 Å². The molecule has 7 unspecified atom stereocenters. The number of carbonyl (C=O) groups is 8. The molecule has 2 aliphatic rings. The smallest absolute Gasteiger partial charge is 0.305 e. The van der Waals surface area contributed by atoms with Crippen LogP contribution < -0.4 is 31.9 Å². The lowest BCUT2D eigenvalue weighted by molar-refractivity contribution is -0.142. The summed E-state index contributed by atoms with van der Waals surface area (Å²) >= 11 is 0. The fraction of sp³-hybridized carbons (Fsp3) is 0.512. The fourth-order valence-electron chi connectivity index (χ4n) is 6.99. The van der Waals surface area contributed by atoms with E-state index in [1.54, 1.807) is 67.6 Å². The van der Waals surface area contributed by atoms with Gasteiger partial charge in [-0.1, -0.05) is 94.8 Å². The SMILES string of the molecule is CCC(C)C1NC(=O)C(Cc2ccccc2)NC(=O)C(CC(=O)O)NC(=O)C(Cc2ccccc2)NC(=O)CNC(=O)C2CCCN2C(=O)C(CC(C)C)NC1=O. The van der Waals surface area contributed by atoms with Gasteiger partial charge < -0.3 is 41.9 Å². The quantitative estimate of drug-likeness (QED) is 0.178. The number of carboxylic acids is 1. The average molecular weight is 790 g/mol. The number of nitrogens with one attached hydrogen (secondary N) is 6. The molecule has 7 atom stereocenters. The highest BCUT2D eigenvalue weighted by Gasteiger charge is 2.40. The van der Waals surface area contributed by atoms with Crippen LogP contribution in [-0.4, -0.2) is 107 Å². The van der Waals surface area contributed by atoms with Crippen molar-refractivity contribution in [2.24, 2.45) is 11.8 Å². The lowest BCUT2D eigenvalue weighted by atomic mass is 9.95. The van der Waals surface area contributed by atoms with E-state index in [4.69, 9.17) is 0 Å². The van der Waals surface area contributed by atoms with Crippen molar-refractivity contribution in [3.05, 3.63) is 71.8 Å². The molecule has 4 rings (SSSR count). The van der Waals surface area contributed by atoms with Gasteiger partial charge in [-0.05, 0) is 42.2 Å². The summed E-state index contributed by atoms with van der Waals surface area (Å²) in [6.45, 7) is 7.07. The molecule has 2 aromatic rings. The molecule has 0 aliphatic carbocycles. The molecule has 16 heteroatoms. The molecule has 0 spiro atoms. The van der Waals surface area contributed by atoms with Crippen molar-refractivity contribution < 1.29 is 43.5 Å². The van der Waals surface area contributed by atoms with Crippen LogP contribution in [0.15, 0.2) is 60.7 Å². The minimum absolute atomic E-state index is 0.0479. The number of carbonyl (C=O) groups excluding carboxylic acids is 7. The molecule has 2 heterocycles. The van der Waals surface area contributed by atoms with Crippen molar-refractivity contribution >= 4 is 47.3 Å². The van der Waals surface area contributed by atoms with Crippen molar-refractivity contribution in [3.8, 4) is 0 Å². The third kappa shape index (κ3) is 12.9. The van der Waals surface area contributed by atoms with Crippen LogP contribution in [-0.2, 0) is 51.2 Å². The molecule has 0 bridgehead atoms. The predicted octanol–water partition coefficient (Wildman–Crippen LogP) is 0.584. The molecule has 2 saturated heterocycles. The maximum absolute atomic E-state index is 14.2. The van der Waals surface area contributed by atoms with Crippen molar-refractivity contribution in [2.45, 2.75) is 109 Å². The van der Waals surface area contributed by atoms with Gasteiger partial charge in [0, 0.05) is 19.4 Å². The van der Waals surface area contributed by atoms with Gasteiger partial charge in [-0.3, -0.25) is 38.4 Å². The van der Waals surface area contributed by atoms with Crippen molar-refractivity contribution in [1.82, 2.24) is 36.8 Å². The van der Waals surface area contributed by atoms with E-state index in [1.807, 2.05) is 20.8 Å². The first-order valence-electron chi connectivity index (χ1n) is 19.5. The molecular weight excluding hydrogens is 734 g/mol. The standard InChI is InChI=1S/C41H55N7O9/c1-5-25(4)35-40(56)46-31(19-24(2)3)41(57)48-18-12-17-32(48)39(55)42-23-33(49)43-28(20-26-13-8-6-9-14-26)36(52)45-30(22-34(50)51)37(53)44-29(38(54)47-35)21-27-15-10-7-11-16-27/h6-11,13-16,24-25,28-32,35H,5,12,17-23H2,1-4H3,(H,42,55)(H,43,49)(H,44,53)(H,45,52)(H,46,56)(H,47,54)(H,50,51). The summed E-state index contributed by atoms with van der Waals surface area (Å²) in [5.74, 6) is -6.98. The minimum atomic E-state index is -1.69. The summed E-state index contributed by atoms with van der Waals surface area (Å²) in [5.41, 5.74) is 1.28. The lowest BCUT2D eigenvalue weighted by Crippen LogP contribution is -2.61. The molecule has 308 valence electrons. The van der Waals surface area contributed by atoms with E-state index >= 15 is 0 Å². The Morgan fingerprint density at radius 2 is 1.23 bits per heavy atom. The number of hydrogen-bond acceptors (Lipinski definition) is 8. The zero-order chi connectivity index (χ0) is 41.6. The van der Waals surface area contributed by atoms with Gasteiger partial charge in [0.15, 0.2) is 0 Å². The number of benzene rings is 2. The second-order valence-corrected chi connectivity index (χ2v) is 15.2. The van der Waals surface area contributed by atoms with Gasteiger partial charge in [0.2, 0.25) is 41.4 Å². The summed E-state index contributed by atoms with van der Waals surface area (Å²) in [7, 11) is 0. The molecule has 7 N–H and O–H groups in total. The Hall–Kier alpha value is -5.80. The zero-order valence-corrected chi connectivity index (χ0v) is 32.9. The first-order valence-corrected chi connectivity index (χ1v) is 19.5. The van der Waals surface area contributed by atoms with E-state index in [1.165, 1.54) is 4.90 Å². The molecule has 7 amide bonds. The molecule has 0 aromatic heterocycles.